The van der Waals surface area contributed by atoms with Gasteiger partial charge in [-0.05, 0) is 33.0 Å². The van der Waals surface area contributed by atoms with Gasteiger partial charge in [0.15, 0.2) is 0 Å². The Morgan fingerprint density at radius 1 is 1.12 bits per heavy atom. The lowest BCUT2D eigenvalue weighted by Gasteiger charge is -2.47. The zero-order valence-corrected chi connectivity index (χ0v) is 12.0. The third-order valence-corrected chi connectivity index (χ3v) is 3.95. The first kappa shape index (κ1) is 15.9. The van der Waals surface area contributed by atoms with Gasteiger partial charge in [0.2, 0.25) is 0 Å². The largest absolute Gasteiger partial charge is 0.383 e. The maximum Gasteiger partial charge on any atom is 0.0633 e. The van der Waals surface area contributed by atoms with Crippen LogP contribution in [0.25, 0.3) is 0 Å². The van der Waals surface area contributed by atoms with Crippen LogP contribution in [0.15, 0.2) is 0 Å². The number of hydrogen-bond donors (Lipinski definition) is 1. The summed E-state index contributed by atoms with van der Waals surface area (Å²) in [7, 11) is 3.82. The molecule has 1 unspecified atom stereocenters. The Morgan fingerprint density at radius 3 is 1.88 bits per heavy atom. The second kappa shape index (κ2) is 8.04. The van der Waals surface area contributed by atoms with E-state index in [0.717, 1.165) is 32.5 Å². The molecule has 0 aromatic rings. The summed E-state index contributed by atoms with van der Waals surface area (Å²) in [5, 5.41) is 3.43. The van der Waals surface area contributed by atoms with Crippen LogP contribution in [-0.4, -0.2) is 50.3 Å². The van der Waals surface area contributed by atoms with E-state index in [4.69, 9.17) is 4.74 Å². The van der Waals surface area contributed by atoms with Crippen molar-refractivity contribution < 1.29 is 4.74 Å². The average molecular weight is 230 g/mol. The molecule has 0 spiro atoms. The van der Waals surface area contributed by atoms with Crippen LogP contribution in [0.5, 0.6) is 0 Å². The number of hydrogen-bond acceptors (Lipinski definition) is 3. The molecule has 0 saturated heterocycles. The molecule has 0 aliphatic carbocycles. The van der Waals surface area contributed by atoms with Crippen molar-refractivity contribution in [3.05, 3.63) is 0 Å². The lowest BCUT2D eigenvalue weighted by atomic mass is 9.82. The minimum atomic E-state index is 0.217. The highest BCUT2D eigenvalue weighted by Gasteiger charge is 2.38. The lowest BCUT2D eigenvalue weighted by molar-refractivity contribution is 0.0184. The molecule has 3 nitrogen and oxygen atoms in total. The predicted molar refractivity (Wildman–Crippen MR) is 71.0 cm³/mol. The van der Waals surface area contributed by atoms with Gasteiger partial charge >= 0.3 is 0 Å². The van der Waals surface area contributed by atoms with Gasteiger partial charge in [0.05, 0.1) is 6.61 Å². The maximum atomic E-state index is 5.35. The quantitative estimate of drug-likeness (QED) is 0.656. The third kappa shape index (κ3) is 3.19. The van der Waals surface area contributed by atoms with Crippen LogP contribution in [-0.2, 0) is 4.74 Å². The molecule has 3 heteroatoms. The first-order chi connectivity index (χ1) is 7.66. The van der Waals surface area contributed by atoms with Gasteiger partial charge in [-0.15, -0.1) is 0 Å². The van der Waals surface area contributed by atoms with Crippen molar-refractivity contribution in [3.63, 3.8) is 0 Å². The normalized spacial score (nSPS) is 14.4. The molecule has 0 rings (SSSR count). The SMILES string of the molecule is CCN(CC)C(CC)(CC)C(COC)NC. The summed E-state index contributed by atoms with van der Waals surface area (Å²) in [4.78, 5) is 2.56. The minimum Gasteiger partial charge on any atom is -0.383 e. The minimum absolute atomic E-state index is 0.217. The van der Waals surface area contributed by atoms with Gasteiger partial charge in [0.25, 0.3) is 0 Å². The third-order valence-electron chi connectivity index (χ3n) is 3.95. The molecule has 0 heterocycles. The predicted octanol–water partition coefficient (Wildman–Crippen LogP) is 2.12. The molecule has 0 fully saturated rings. The van der Waals surface area contributed by atoms with Gasteiger partial charge in [-0.2, -0.15) is 0 Å². The number of ether oxygens (including phenoxy) is 1. The fourth-order valence-electron chi connectivity index (χ4n) is 2.94. The summed E-state index contributed by atoms with van der Waals surface area (Å²) in [5.41, 5.74) is 0.217. The van der Waals surface area contributed by atoms with Crippen molar-refractivity contribution >= 4 is 0 Å². The van der Waals surface area contributed by atoms with Gasteiger partial charge < -0.3 is 10.1 Å². The Balaban J connectivity index is 5.01. The average Bonchev–Trinajstić information content (AvgIpc) is 2.33. The fourth-order valence-corrected chi connectivity index (χ4v) is 2.94. The van der Waals surface area contributed by atoms with E-state index in [1.807, 2.05) is 7.05 Å². The van der Waals surface area contributed by atoms with Crippen molar-refractivity contribution in [1.82, 2.24) is 10.2 Å². The van der Waals surface area contributed by atoms with E-state index in [1.54, 1.807) is 7.11 Å². The Morgan fingerprint density at radius 2 is 1.62 bits per heavy atom. The van der Waals surface area contributed by atoms with E-state index in [-0.39, 0.29) is 5.54 Å². The van der Waals surface area contributed by atoms with Crippen molar-refractivity contribution in [2.45, 2.75) is 52.1 Å². The summed E-state index contributed by atoms with van der Waals surface area (Å²) in [6, 6.07) is 0.396. The van der Waals surface area contributed by atoms with Crippen LogP contribution in [0.2, 0.25) is 0 Å². The van der Waals surface area contributed by atoms with Crippen LogP contribution in [0.3, 0.4) is 0 Å². The van der Waals surface area contributed by atoms with E-state index in [0.29, 0.717) is 6.04 Å². The molecule has 16 heavy (non-hydrogen) atoms. The molecule has 0 aliphatic heterocycles. The smallest absolute Gasteiger partial charge is 0.0633 e. The van der Waals surface area contributed by atoms with Crippen LogP contribution in [0.1, 0.15) is 40.5 Å². The first-order valence-corrected chi connectivity index (χ1v) is 6.57. The Bertz CT molecular complexity index is 165. The second-order valence-corrected chi connectivity index (χ2v) is 4.28. The molecule has 0 aliphatic rings. The van der Waals surface area contributed by atoms with Crippen LogP contribution in [0, 0.1) is 0 Å². The number of nitrogens with zero attached hydrogens (tertiary/aromatic N) is 1. The molecule has 1 atom stereocenters. The summed E-state index contributed by atoms with van der Waals surface area (Å²) in [6.07, 6.45) is 2.31. The monoisotopic (exact) mass is 230 g/mol. The molecular formula is C13H30N2O. The van der Waals surface area contributed by atoms with Crippen molar-refractivity contribution in [2.24, 2.45) is 0 Å². The highest BCUT2D eigenvalue weighted by atomic mass is 16.5. The van der Waals surface area contributed by atoms with Crippen molar-refractivity contribution in [2.75, 3.05) is 33.9 Å². The van der Waals surface area contributed by atoms with Gasteiger partial charge in [0.1, 0.15) is 0 Å². The molecule has 0 saturated carbocycles. The van der Waals surface area contributed by atoms with E-state index in [9.17, 15) is 0 Å². The maximum absolute atomic E-state index is 5.35. The van der Waals surface area contributed by atoms with E-state index < -0.39 is 0 Å². The molecule has 98 valence electrons. The summed E-state index contributed by atoms with van der Waals surface area (Å²) in [5.74, 6) is 0. The Kier molecular flexibility index (Phi) is 7.98. The molecular weight excluding hydrogens is 200 g/mol. The summed E-state index contributed by atoms with van der Waals surface area (Å²) < 4.78 is 5.35. The first-order valence-electron chi connectivity index (χ1n) is 6.57. The van der Waals surface area contributed by atoms with Crippen molar-refractivity contribution in [3.8, 4) is 0 Å². The Labute approximate surface area is 102 Å². The van der Waals surface area contributed by atoms with Crippen molar-refractivity contribution in [1.29, 1.82) is 0 Å². The highest BCUT2D eigenvalue weighted by molar-refractivity contribution is 4.98. The van der Waals surface area contributed by atoms with Gasteiger partial charge in [-0.1, -0.05) is 27.7 Å². The summed E-state index contributed by atoms with van der Waals surface area (Å²) >= 11 is 0. The van der Waals surface area contributed by atoms with Gasteiger partial charge in [-0.25, -0.2) is 0 Å². The molecule has 0 aromatic heterocycles. The summed E-state index contributed by atoms with van der Waals surface area (Å²) in [6.45, 7) is 12.0. The van der Waals surface area contributed by atoms with Crippen LogP contribution in [0.4, 0.5) is 0 Å². The van der Waals surface area contributed by atoms with E-state index in [2.05, 4.69) is 37.9 Å². The van der Waals surface area contributed by atoms with Crippen LogP contribution < -0.4 is 5.32 Å². The molecule has 0 radical (unpaired) electrons. The highest BCUT2D eigenvalue weighted by Crippen LogP contribution is 2.28. The molecule has 0 bridgehead atoms. The van der Waals surface area contributed by atoms with Gasteiger partial charge in [0, 0.05) is 18.7 Å². The Hall–Kier alpha value is -0.120. The number of nitrogens with one attached hydrogen (secondary N) is 1. The van der Waals surface area contributed by atoms with E-state index in [1.165, 1.54) is 0 Å². The topological polar surface area (TPSA) is 24.5 Å². The van der Waals surface area contributed by atoms with E-state index >= 15 is 0 Å². The zero-order chi connectivity index (χ0) is 12.6. The fraction of sp³-hybridized carbons (Fsp3) is 1.00. The number of methoxy groups -OCH3 is 1. The molecule has 1 N–H and O–H groups in total. The second-order valence-electron chi connectivity index (χ2n) is 4.28. The standard InChI is InChI=1S/C13H30N2O/c1-7-13(8-2,15(9-3)10-4)12(14-5)11-16-6/h12,14H,7-11H2,1-6H3. The number of rotatable bonds is 9. The molecule has 0 amide bonds. The number of likely N-dealkylation sites (N-methyl/N-ethyl adjacent to an activating group) is 2. The molecule has 0 aromatic carbocycles. The van der Waals surface area contributed by atoms with Gasteiger partial charge in [-0.3, -0.25) is 4.90 Å². The zero-order valence-electron chi connectivity index (χ0n) is 12.0. The van der Waals surface area contributed by atoms with Crippen LogP contribution >= 0.6 is 0 Å². The lowest BCUT2D eigenvalue weighted by Crippen LogP contribution is -2.61.